The normalized spacial score (nSPS) is 13.3. The summed E-state index contributed by atoms with van der Waals surface area (Å²) in [6.07, 6.45) is 2.16. The van der Waals surface area contributed by atoms with E-state index in [-0.39, 0.29) is 5.75 Å². The molecule has 138 valence electrons. The lowest BCUT2D eigenvalue weighted by Gasteiger charge is -2.03. The Morgan fingerprint density at radius 2 is 1.30 bits per heavy atom. The first kappa shape index (κ1) is 26.5. The van der Waals surface area contributed by atoms with Crippen LogP contribution in [0.1, 0.15) is 26.2 Å². The Balaban J connectivity index is -0.000000272. The van der Waals surface area contributed by atoms with Crippen LogP contribution in [0.5, 0.6) is 0 Å². The zero-order valence-electron chi connectivity index (χ0n) is 13.1. The van der Waals surface area contributed by atoms with Gasteiger partial charge in [-0.1, -0.05) is 6.42 Å². The highest BCUT2D eigenvalue weighted by Crippen LogP contribution is 1.96. The molecule has 0 aliphatic carbocycles. The van der Waals surface area contributed by atoms with Crippen LogP contribution in [0, 0.1) is 0 Å². The highest BCUT2D eigenvalue weighted by molar-refractivity contribution is 7.80. The van der Waals surface area contributed by atoms with Crippen LogP contribution < -0.4 is 22.9 Å². The van der Waals surface area contributed by atoms with Crippen molar-refractivity contribution in [2.75, 3.05) is 12.3 Å². The van der Waals surface area contributed by atoms with Gasteiger partial charge in [-0.3, -0.25) is 14.4 Å². The number of nitrogens with two attached hydrogens (primary N) is 4. The van der Waals surface area contributed by atoms with Crippen LogP contribution in [0.2, 0.25) is 0 Å². The van der Waals surface area contributed by atoms with Crippen molar-refractivity contribution in [2.24, 2.45) is 22.9 Å². The van der Waals surface area contributed by atoms with Gasteiger partial charge < -0.3 is 38.3 Å². The molecule has 23 heavy (non-hydrogen) atoms. The van der Waals surface area contributed by atoms with Crippen molar-refractivity contribution >= 4 is 30.5 Å². The minimum absolute atomic E-state index is 0.190. The number of thiol groups is 1. The van der Waals surface area contributed by atoms with Crippen molar-refractivity contribution in [3.63, 3.8) is 0 Å². The van der Waals surface area contributed by atoms with E-state index in [1.807, 2.05) is 0 Å². The minimum Gasteiger partial charge on any atom is -0.480 e. The molecule has 0 aliphatic heterocycles. The van der Waals surface area contributed by atoms with E-state index in [0.717, 1.165) is 12.8 Å². The Morgan fingerprint density at radius 1 is 0.913 bits per heavy atom. The summed E-state index contributed by atoms with van der Waals surface area (Å²) in [5, 5.41) is 24.2. The monoisotopic (exact) mass is 356 g/mol. The second kappa shape index (κ2) is 17.0. The van der Waals surface area contributed by atoms with E-state index in [1.165, 1.54) is 6.92 Å². The number of aliphatic carboxylic acids is 3. The quantitative estimate of drug-likeness (QED) is 0.181. The summed E-state index contributed by atoms with van der Waals surface area (Å²) < 4.78 is 0. The van der Waals surface area contributed by atoms with Gasteiger partial charge >= 0.3 is 17.9 Å². The fourth-order valence-corrected chi connectivity index (χ4v) is 0.866. The predicted molar refractivity (Wildman–Crippen MR) is 89.3 cm³/mol. The zero-order valence-corrected chi connectivity index (χ0v) is 14.0. The van der Waals surface area contributed by atoms with Gasteiger partial charge in [-0.25, -0.2) is 0 Å². The van der Waals surface area contributed by atoms with E-state index in [4.69, 9.17) is 38.3 Å². The molecule has 0 radical (unpaired) electrons. The molecule has 3 atom stereocenters. The Labute approximate surface area is 140 Å². The molecule has 10 nitrogen and oxygen atoms in total. The highest BCUT2D eigenvalue weighted by Gasteiger charge is 2.09. The molecule has 0 aliphatic rings. The third-order valence-corrected chi connectivity index (χ3v) is 2.58. The van der Waals surface area contributed by atoms with Gasteiger partial charge in [0.1, 0.15) is 18.1 Å². The molecule has 0 unspecified atom stereocenters. The molecular formula is C12H28N4O6S. The highest BCUT2D eigenvalue weighted by atomic mass is 32.1. The largest absolute Gasteiger partial charge is 0.480 e. The first-order valence-electron chi connectivity index (χ1n) is 6.77. The molecular weight excluding hydrogens is 328 g/mol. The third-order valence-electron chi connectivity index (χ3n) is 2.19. The molecule has 0 aromatic carbocycles. The van der Waals surface area contributed by atoms with Crippen molar-refractivity contribution in [3.8, 4) is 0 Å². The van der Waals surface area contributed by atoms with Crippen LogP contribution in [0.15, 0.2) is 0 Å². The van der Waals surface area contributed by atoms with Crippen molar-refractivity contribution in [3.05, 3.63) is 0 Å². The zero-order chi connectivity index (χ0) is 19.0. The van der Waals surface area contributed by atoms with Gasteiger partial charge in [0.2, 0.25) is 0 Å². The number of hydrogen-bond acceptors (Lipinski definition) is 8. The van der Waals surface area contributed by atoms with E-state index >= 15 is 0 Å². The van der Waals surface area contributed by atoms with Crippen molar-refractivity contribution in [1.29, 1.82) is 0 Å². The maximum Gasteiger partial charge on any atom is 0.321 e. The van der Waals surface area contributed by atoms with Gasteiger partial charge in [0, 0.05) is 5.75 Å². The minimum atomic E-state index is -1.00. The van der Waals surface area contributed by atoms with Gasteiger partial charge in [0.25, 0.3) is 0 Å². The number of unbranched alkanes of at least 4 members (excludes halogenated alkanes) is 1. The second-order valence-electron chi connectivity index (χ2n) is 4.48. The summed E-state index contributed by atoms with van der Waals surface area (Å²) in [7, 11) is 0. The Bertz CT molecular complexity index is 344. The lowest BCUT2D eigenvalue weighted by atomic mass is 10.1. The molecule has 0 saturated heterocycles. The lowest BCUT2D eigenvalue weighted by molar-refractivity contribution is -0.139. The van der Waals surface area contributed by atoms with Crippen LogP contribution in [-0.2, 0) is 14.4 Å². The molecule has 0 heterocycles. The molecule has 0 fully saturated rings. The molecule has 0 amide bonds. The maximum atomic E-state index is 10.1. The lowest BCUT2D eigenvalue weighted by Crippen LogP contribution is -2.31. The molecule has 0 aromatic heterocycles. The van der Waals surface area contributed by atoms with Crippen LogP contribution in [0.4, 0.5) is 0 Å². The number of carbonyl (C=O) groups is 3. The number of carboxylic acid groups (broad SMARTS) is 3. The molecule has 0 aromatic rings. The van der Waals surface area contributed by atoms with Crippen molar-refractivity contribution in [2.45, 2.75) is 44.3 Å². The Morgan fingerprint density at radius 3 is 1.48 bits per heavy atom. The van der Waals surface area contributed by atoms with E-state index in [0.29, 0.717) is 13.0 Å². The first-order chi connectivity index (χ1) is 10.5. The number of rotatable bonds is 8. The molecule has 0 spiro atoms. The number of carboxylic acids is 3. The first-order valence-corrected chi connectivity index (χ1v) is 7.40. The van der Waals surface area contributed by atoms with Gasteiger partial charge in [-0.2, -0.15) is 12.6 Å². The molecule has 11 heteroatoms. The molecule has 0 bridgehead atoms. The van der Waals surface area contributed by atoms with Gasteiger partial charge in [-0.15, -0.1) is 0 Å². The van der Waals surface area contributed by atoms with E-state index < -0.39 is 36.0 Å². The average Bonchev–Trinajstić information content (AvgIpc) is 2.47. The second-order valence-corrected chi connectivity index (χ2v) is 4.85. The van der Waals surface area contributed by atoms with Gasteiger partial charge in [0.05, 0.1) is 0 Å². The summed E-state index contributed by atoms with van der Waals surface area (Å²) in [6, 6.07) is -2.26. The van der Waals surface area contributed by atoms with Crippen molar-refractivity contribution < 1.29 is 29.7 Å². The average molecular weight is 356 g/mol. The van der Waals surface area contributed by atoms with E-state index in [9.17, 15) is 14.4 Å². The maximum absolute atomic E-state index is 10.1. The fraction of sp³-hybridized carbons (Fsp3) is 0.750. The number of hydrogen-bond donors (Lipinski definition) is 8. The molecule has 0 rings (SSSR count). The van der Waals surface area contributed by atoms with Crippen LogP contribution in [0.25, 0.3) is 0 Å². The summed E-state index contributed by atoms with van der Waals surface area (Å²) in [6.45, 7) is 2.02. The van der Waals surface area contributed by atoms with E-state index in [1.54, 1.807) is 0 Å². The van der Waals surface area contributed by atoms with E-state index in [2.05, 4.69) is 12.6 Å². The Hall–Kier alpha value is -1.40. The third kappa shape index (κ3) is 23.0. The SMILES string of the molecule is C[C@H](N)C(=O)O.NCCCC[C@H](N)C(=O)O.N[C@@H](CS)C(=O)O. The fourth-order valence-electron chi connectivity index (χ4n) is 0.710. The molecule has 11 N–H and O–H groups in total. The molecule has 0 saturated carbocycles. The smallest absolute Gasteiger partial charge is 0.321 e. The topological polar surface area (TPSA) is 216 Å². The summed E-state index contributed by atoms with van der Waals surface area (Å²) in [5.74, 6) is -2.71. The summed E-state index contributed by atoms with van der Waals surface area (Å²) in [5.41, 5.74) is 20.2. The van der Waals surface area contributed by atoms with Crippen LogP contribution in [0.3, 0.4) is 0 Å². The van der Waals surface area contributed by atoms with Crippen LogP contribution >= 0.6 is 12.6 Å². The van der Waals surface area contributed by atoms with Crippen LogP contribution in [-0.4, -0.2) is 63.7 Å². The van der Waals surface area contributed by atoms with Gasteiger partial charge in [0.15, 0.2) is 0 Å². The van der Waals surface area contributed by atoms with Gasteiger partial charge in [-0.05, 0) is 26.3 Å². The Kier molecular flexibility index (Phi) is 19.5. The summed E-state index contributed by atoms with van der Waals surface area (Å²) in [4.78, 5) is 29.5. The van der Waals surface area contributed by atoms with Crippen molar-refractivity contribution in [1.82, 2.24) is 0 Å². The predicted octanol–water partition coefficient (Wildman–Crippen LogP) is -1.73. The standard InChI is InChI=1S/C6H14N2O2.C3H7NO2S.C3H7NO2/c7-4-2-1-3-5(8)6(9)10;4-2(1-7)3(5)6;1-2(4)3(5)6/h5H,1-4,7-8H2,(H,9,10);2,7H,1,4H2,(H,5,6);2H,4H2,1H3,(H,5,6)/t5-;2*2-/m000/s1. The summed E-state index contributed by atoms with van der Waals surface area (Å²) >= 11 is 3.65.